The first-order valence-electron chi connectivity index (χ1n) is 12.7. The highest BCUT2D eigenvalue weighted by atomic mass is 16.5. The smallest absolute Gasteiger partial charge is 0.327 e. The standard InChI is InChI=1S/C28H33N5O2/c1-3-35-28(34)25-20(2)24(27-29-30-31-32(27)19-21-13-7-4-8-14-21)26(22-15-9-5-10-16-22)33(25)23-17-11-6-12-18-23/h4-5,7-10,13-16,23-26H,2-3,6,11-12,17-19H2,1H3/t24-,25+,26-/m0/s1. The molecule has 7 heteroatoms. The zero-order chi connectivity index (χ0) is 24.2. The fourth-order valence-electron chi connectivity index (χ4n) is 5.83. The normalized spacial score (nSPS) is 23.5. The van der Waals surface area contributed by atoms with Crippen molar-refractivity contribution in [3.05, 3.63) is 89.8 Å². The molecule has 1 aromatic heterocycles. The van der Waals surface area contributed by atoms with Gasteiger partial charge in [0.2, 0.25) is 0 Å². The summed E-state index contributed by atoms with van der Waals surface area (Å²) in [5.74, 6) is 0.279. The Morgan fingerprint density at radius 1 is 1.03 bits per heavy atom. The molecule has 2 fully saturated rings. The summed E-state index contributed by atoms with van der Waals surface area (Å²) in [6, 6.07) is 20.2. The van der Waals surface area contributed by atoms with Crippen molar-refractivity contribution in [1.29, 1.82) is 0 Å². The van der Waals surface area contributed by atoms with Gasteiger partial charge in [-0.1, -0.05) is 86.5 Å². The van der Waals surface area contributed by atoms with Crippen LogP contribution in [-0.4, -0.2) is 49.8 Å². The topological polar surface area (TPSA) is 73.1 Å². The minimum atomic E-state index is -0.518. The molecule has 1 saturated carbocycles. The number of ether oxygens (including phenoxy) is 1. The number of carbonyl (C=O) groups excluding carboxylic acids is 1. The number of nitrogens with zero attached hydrogens (tertiary/aromatic N) is 5. The van der Waals surface area contributed by atoms with Crippen LogP contribution in [0.5, 0.6) is 0 Å². The first-order chi connectivity index (χ1) is 17.2. The van der Waals surface area contributed by atoms with Crippen molar-refractivity contribution in [3.8, 4) is 0 Å². The highest BCUT2D eigenvalue weighted by Gasteiger charge is 2.53. The Kier molecular flexibility index (Phi) is 7.04. The van der Waals surface area contributed by atoms with E-state index < -0.39 is 6.04 Å². The van der Waals surface area contributed by atoms with Crippen molar-refractivity contribution in [3.63, 3.8) is 0 Å². The third-order valence-corrected chi connectivity index (χ3v) is 7.35. The SMILES string of the molecule is C=C1[C@H](C(=O)OCC)N(C2CCCCC2)[C@@H](c2ccccc2)[C@H]1c1nnnn1Cc1ccccc1. The van der Waals surface area contributed by atoms with Gasteiger partial charge in [-0.15, -0.1) is 5.10 Å². The number of aromatic nitrogens is 4. The van der Waals surface area contributed by atoms with E-state index in [0.29, 0.717) is 13.2 Å². The molecular weight excluding hydrogens is 438 g/mol. The number of hydrogen-bond donors (Lipinski definition) is 0. The van der Waals surface area contributed by atoms with Crippen LogP contribution in [0.15, 0.2) is 72.8 Å². The Morgan fingerprint density at radius 3 is 2.40 bits per heavy atom. The van der Waals surface area contributed by atoms with E-state index in [9.17, 15) is 4.79 Å². The summed E-state index contributed by atoms with van der Waals surface area (Å²) in [5, 5.41) is 12.9. The second-order valence-corrected chi connectivity index (χ2v) is 9.48. The molecular formula is C28H33N5O2. The summed E-state index contributed by atoms with van der Waals surface area (Å²) in [7, 11) is 0. The van der Waals surface area contributed by atoms with E-state index in [4.69, 9.17) is 4.74 Å². The molecule has 3 aromatic rings. The third kappa shape index (κ3) is 4.65. The van der Waals surface area contributed by atoms with Gasteiger partial charge in [0.15, 0.2) is 5.82 Å². The van der Waals surface area contributed by atoms with E-state index >= 15 is 0 Å². The van der Waals surface area contributed by atoms with Gasteiger partial charge in [-0.3, -0.25) is 4.90 Å². The molecule has 0 N–H and O–H groups in total. The van der Waals surface area contributed by atoms with E-state index in [2.05, 4.69) is 63.4 Å². The fourth-order valence-corrected chi connectivity index (χ4v) is 5.83. The molecule has 0 bridgehead atoms. The van der Waals surface area contributed by atoms with Crippen LogP contribution in [0.3, 0.4) is 0 Å². The zero-order valence-electron chi connectivity index (χ0n) is 20.3. The number of benzene rings is 2. The number of esters is 1. The van der Waals surface area contributed by atoms with Crippen LogP contribution in [0.4, 0.5) is 0 Å². The summed E-state index contributed by atoms with van der Waals surface area (Å²) in [6.45, 7) is 7.25. The minimum Gasteiger partial charge on any atom is -0.465 e. The van der Waals surface area contributed by atoms with Crippen LogP contribution in [-0.2, 0) is 16.1 Å². The van der Waals surface area contributed by atoms with Gasteiger partial charge in [-0.2, -0.15) is 0 Å². The molecule has 1 saturated heterocycles. The lowest BCUT2D eigenvalue weighted by atomic mass is 9.88. The van der Waals surface area contributed by atoms with Crippen LogP contribution in [0.1, 0.15) is 67.9 Å². The van der Waals surface area contributed by atoms with E-state index in [1.54, 1.807) is 0 Å². The van der Waals surface area contributed by atoms with E-state index in [1.807, 2.05) is 35.9 Å². The predicted molar refractivity (Wildman–Crippen MR) is 134 cm³/mol. The number of rotatable bonds is 7. The molecule has 5 rings (SSSR count). The van der Waals surface area contributed by atoms with E-state index in [1.165, 1.54) is 19.3 Å². The van der Waals surface area contributed by atoms with Crippen LogP contribution in [0.2, 0.25) is 0 Å². The van der Waals surface area contributed by atoms with Gasteiger partial charge >= 0.3 is 5.97 Å². The average molecular weight is 472 g/mol. The van der Waals surface area contributed by atoms with Crippen molar-refractivity contribution in [1.82, 2.24) is 25.1 Å². The maximum absolute atomic E-state index is 13.4. The molecule has 0 amide bonds. The molecule has 182 valence electrons. The molecule has 1 aliphatic heterocycles. The molecule has 2 aromatic carbocycles. The molecule has 0 spiro atoms. The second kappa shape index (κ2) is 10.5. The van der Waals surface area contributed by atoms with Gasteiger partial charge in [0, 0.05) is 6.04 Å². The molecule has 0 radical (unpaired) electrons. The largest absolute Gasteiger partial charge is 0.465 e. The van der Waals surface area contributed by atoms with Gasteiger partial charge in [0.05, 0.1) is 25.1 Å². The van der Waals surface area contributed by atoms with Crippen molar-refractivity contribution >= 4 is 5.97 Å². The van der Waals surface area contributed by atoms with Gasteiger partial charge in [-0.25, -0.2) is 9.48 Å². The van der Waals surface area contributed by atoms with Crippen molar-refractivity contribution < 1.29 is 9.53 Å². The Morgan fingerprint density at radius 2 is 1.71 bits per heavy atom. The highest BCUT2D eigenvalue weighted by molar-refractivity contribution is 5.81. The molecule has 7 nitrogen and oxygen atoms in total. The van der Waals surface area contributed by atoms with Crippen molar-refractivity contribution in [2.45, 2.75) is 69.6 Å². The zero-order valence-corrected chi connectivity index (χ0v) is 20.3. The molecule has 1 aliphatic carbocycles. The van der Waals surface area contributed by atoms with Crippen LogP contribution in [0, 0.1) is 0 Å². The van der Waals surface area contributed by atoms with Crippen LogP contribution >= 0.6 is 0 Å². The third-order valence-electron chi connectivity index (χ3n) is 7.35. The van der Waals surface area contributed by atoms with Gasteiger partial charge in [0.25, 0.3) is 0 Å². The van der Waals surface area contributed by atoms with Crippen LogP contribution < -0.4 is 0 Å². The quantitative estimate of drug-likeness (QED) is 0.368. The second-order valence-electron chi connectivity index (χ2n) is 9.48. The summed E-state index contributed by atoms with van der Waals surface area (Å²) in [4.78, 5) is 15.8. The molecule has 0 unspecified atom stereocenters. The highest BCUT2D eigenvalue weighted by Crippen LogP contribution is 2.51. The number of hydrogen-bond acceptors (Lipinski definition) is 6. The van der Waals surface area contributed by atoms with Gasteiger partial charge in [-0.05, 0) is 46.9 Å². The first kappa shape index (κ1) is 23.4. The minimum absolute atomic E-state index is 0.0956. The lowest BCUT2D eigenvalue weighted by Gasteiger charge is -2.39. The summed E-state index contributed by atoms with van der Waals surface area (Å²) < 4.78 is 7.45. The lowest BCUT2D eigenvalue weighted by Crippen LogP contribution is -2.46. The fraction of sp³-hybridized carbons (Fsp3) is 0.429. The summed E-state index contributed by atoms with van der Waals surface area (Å²) in [6.07, 6.45) is 5.70. The average Bonchev–Trinajstić information content (AvgIpc) is 3.47. The van der Waals surface area contributed by atoms with Gasteiger partial charge in [0.1, 0.15) is 6.04 Å². The maximum Gasteiger partial charge on any atom is 0.327 e. The number of tetrazole rings is 1. The van der Waals surface area contributed by atoms with Crippen molar-refractivity contribution in [2.75, 3.05) is 6.61 Å². The van der Waals surface area contributed by atoms with E-state index in [-0.39, 0.29) is 24.0 Å². The number of carbonyl (C=O) groups is 1. The Bertz CT molecular complexity index is 1140. The summed E-state index contributed by atoms with van der Waals surface area (Å²) >= 11 is 0. The molecule has 3 atom stereocenters. The first-order valence-corrected chi connectivity index (χ1v) is 12.7. The van der Waals surface area contributed by atoms with Gasteiger partial charge < -0.3 is 4.74 Å². The maximum atomic E-state index is 13.4. The Balaban J connectivity index is 1.61. The summed E-state index contributed by atoms with van der Waals surface area (Å²) in [5.41, 5.74) is 3.07. The lowest BCUT2D eigenvalue weighted by molar-refractivity contribution is -0.149. The Labute approximate surface area is 206 Å². The van der Waals surface area contributed by atoms with Crippen molar-refractivity contribution in [2.24, 2.45) is 0 Å². The monoisotopic (exact) mass is 471 g/mol. The molecule has 2 aliphatic rings. The molecule has 2 heterocycles. The van der Waals surface area contributed by atoms with Crippen LogP contribution in [0.25, 0.3) is 0 Å². The molecule has 35 heavy (non-hydrogen) atoms. The predicted octanol–water partition coefficient (Wildman–Crippen LogP) is 4.68. The Hall–Kier alpha value is -3.32. The number of likely N-dealkylation sites (tertiary alicyclic amines) is 1. The van der Waals surface area contributed by atoms with E-state index in [0.717, 1.165) is 35.4 Å².